The predicted molar refractivity (Wildman–Crippen MR) is 66.4 cm³/mol. The number of rotatable bonds is 3. The summed E-state index contributed by atoms with van der Waals surface area (Å²) in [6.45, 7) is 3.83. The lowest BCUT2D eigenvalue weighted by Gasteiger charge is -2.09. The Morgan fingerprint density at radius 2 is 2.20 bits per heavy atom. The Morgan fingerprint density at radius 1 is 1.33 bits per heavy atom. The summed E-state index contributed by atoms with van der Waals surface area (Å²) in [7, 11) is 1.68. The van der Waals surface area contributed by atoms with Crippen LogP contribution in [0.3, 0.4) is 0 Å². The van der Waals surface area contributed by atoms with E-state index in [0.29, 0.717) is 0 Å². The smallest absolute Gasteiger partial charge is 0.126 e. The van der Waals surface area contributed by atoms with E-state index in [1.54, 1.807) is 18.4 Å². The Hall–Kier alpha value is -1.54. The van der Waals surface area contributed by atoms with Gasteiger partial charge in [-0.05, 0) is 34.0 Å². The highest BCUT2D eigenvalue weighted by Gasteiger charge is 2.07. The van der Waals surface area contributed by atoms with Crippen LogP contribution >= 0.6 is 11.3 Å². The summed E-state index contributed by atoms with van der Waals surface area (Å²) in [6, 6.07) is 8.14. The first-order chi connectivity index (χ1) is 7.36. The fourth-order valence-electron chi connectivity index (χ4n) is 1.60. The molecule has 1 aromatic heterocycles. The summed E-state index contributed by atoms with van der Waals surface area (Å²) >= 11 is 1.69. The van der Waals surface area contributed by atoms with Gasteiger partial charge < -0.3 is 4.74 Å². The minimum atomic E-state index is 0.869. The molecule has 1 aromatic carbocycles. The van der Waals surface area contributed by atoms with Gasteiger partial charge in [-0.1, -0.05) is 24.8 Å². The fourth-order valence-corrected chi connectivity index (χ4v) is 2.26. The van der Waals surface area contributed by atoms with Crippen LogP contribution in [-0.4, -0.2) is 7.11 Å². The number of thiophene rings is 1. The van der Waals surface area contributed by atoms with Gasteiger partial charge in [0.25, 0.3) is 0 Å². The van der Waals surface area contributed by atoms with Crippen molar-refractivity contribution in [3.05, 3.63) is 47.2 Å². The Morgan fingerprint density at radius 3 is 2.80 bits per heavy atom. The van der Waals surface area contributed by atoms with E-state index in [0.717, 1.165) is 11.3 Å². The quantitative estimate of drug-likeness (QED) is 0.751. The van der Waals surface area contributed by atoms with Crippen LogP contribution in [0.4, 0.5) is 0 Å². The zero-order valence-electron chi connectivity index (χ0n) is 8.57. The zero-order chi connectivity index (χ0) is 10.7. The Balaban J connectivity index is 2.61. The number of ether oxygens (including phenoxy) is 1. The van der Waals surface area contributed by atoms with Crippen LogP contribution in [0.2, 0.25) is 0 Å². The second-order valence-electron chi connectivity index (χ2n) is 3.14. The van der Waals surface area contributed by atoms with Gasteiger partial charge in [-0.3, -0.25) is 0 Å². The van der Waals surface area contributed by atoms with Crippen molar-refractivity contribution in [1.29, 1.82) is 0 Å². The SMILES string of the molecule is C=Cc1c(OC)cccc1-c1ccsc1. The van der Waals surface area contributed by atoms with Gasteiger partial charge in [-0.25, -0.2) is 0 Å². The average Bonchev–Trinajstić information content (AvgIpc) is 2.81. The summed E-state index contributed by atoms with van der Waals surface area (Å²) < 4.78 is 5.31. The van der Waals surface area contributed by atoms with E-state index in [9.17, 15) is 0 Å². The third-order valence-corrected chi connectivity index (χ3v) is 3.01. The molecule has 1 nitrogen and oxygen atoms in total. The minimum Gasteiger partial charge on any atom is -0.496 e. The van der Waals surface area contributed by atoms with Crippen molar-refractivity contribution >= 4 is 17.4 Å². The molecule has 2 rings (SSSR count). The topological polar surface area (TPSA) is 9.23 Å². The van der Waals surface area contributed by atoms with E-state index < -0.39 is 0 Å². The molecular weight excluding hydrogens is 204 g/mol. The van der Waals surface area contributed by atoms with Gasteiger partial charge in [0, 0.05) is 5.56 Å². The molecular formula is C13H12OS. The number of methoxy groups -OCH3 is 1. The normalized spacial score (nSPS) is 9.93. The molecule has 0 radical (unpaired) electrons. The van der Waals surface area contributed by atoms with E-state index >= 15 is 0 Å². The molecule has 0 aliphatic rings. The molecule has 0 unspecified atom stereocenters. The molecule has 2 heteroatoms. The first-order valence-corrected chi connectivity index (χ1v) is 5.63. The van der Waals surface area contributed by atoms with Gasteiger partial charge >= 0.3 is 0 Å². The van der Waals surface area contributed by atoms with Crippen LogP contribution in [0.15, 0.2) is 41.6 Å². The molecule has 0 fully saturated rings. The monoisotopic (exact) mass is 216 g/mol. The molecule has 0 aliphatic heterocycles. The first kappa shape index (κ1) is 9.99. The molecule has 0 bridgehead atoms. The van der Waals surface area contributed by atoms with Crippen molar-refractivity contribution in [2.24, 2.45) is 0 Å². The number of hydrogen-bond donors (Lipinski definition) is 0. The van der Waals surface area contributed by atoms with Crippen LogP contribution < -0.4 is 4.74 Å². The molecule has 15 heavy (non-hydrogen) atoms. The lowest BCUT2D eigenvalue weighted by molar-refractivity contribution is 0.414. The molecule has 0 atom stereocenters. The van der Waals surface area contributed by atoms with Crippen molar-refractivity contribution in [2.45, 2.75) is 0 Å². The molecule has 0 saturated heterocycles. The summed E-state index contributed by atoms with van der Waals surface area (Å²) in [4.78, 5) is 0. The maximum atomic E-state index is 5.31. The molecule has 0 amide bonds. The molecule has 0 saturated carbocycles. The fraction of sp³-hybridized carbons (Fsp3) is 0.0769. The standard InChI is InChI=1S/C13H12OS/c1-3-11-12(10-7-8-15-9-10)5-4-6-13(11)14-2/h3-9H,1H2,2H3. The molecule has 1 heterocycles. The highest BCUT2D eigenvalue weighted by Crippen LogP contribution is 2.32. The van der Waals surface area contributed by atoms with Crippen molar-refractivity contribution in [1.82, 2.24) is 0 Å². The van der Waals surface area contributed by atoms with Crippen LogP contribution in [0.1, 0.15) is 5.56 Å². The van der Waals surface area contributed by atoms with Gasteiger partial charge in [-0.15, -0.1) is 0 Å². The van der Waals surface area contributed by atoms with Gasteiger partial charge in [0.2, 0.25) is 0 Å². The Kier molecular flexibility index (Phi) is 2.88. The molecule has 0 spiro atoms. The van der Waals surface area contributed by atoms with E-state index in [1.807, 2.05) is 18.2 Å². The molecule has 76 valence electrons. The van der Waals surface area contributed by atoms with E-state index in [1.165, 1.54) is 11.1 Å². The van der Waals surface area contributed by atoms with Crippen molar-refractivity contribution < 1.29 is 4.74 Å². The Bertz CT molecular complexity index is 457. The van der Waals surface area contributed by atoms with Crippen LogP contribution in [0, 0.1) is 0 Å². The molecule has 0 aliphatic carbocycles. The van der Waals surface area contributed by atoms with E-state index in [2.05, 4.69) is 29.5 Å². The minimum absolute atomic E-state index is 0.869. The second kappa shape index (κ2) is 4.32. The third-order valence-electron chi connectivity index (χ3n) is 2.32. The zero-order valence-corrected chi connectivity index (χ0v) is 9.38. The summed E-state index contributed by atoms with van der Waals surface area (Å²) in [5, 5.41) is 4.20. The predicted octanol–water partition coefficient (Wildman–Crippen LogP) is 4.07. The lowest BCUT2D eigenvalue weighted by Crippen LogP contribution is -1.89. The molecule has 2 aromatic rings. The summed E-state index contributed by atoms with van der Waals surface area (Å²) in [5.74, 6) is 0.869. The second-order valence-corrected chi connectivity index (χ2v) is 3.92. The maximum absolute atomic E-state index is 5.31. The van der Waals surface area contributed by atoms with Crippen LogP contribution in [0.5, 0.6) is 5.75 Å². The molecule has 0 N–H and O–H groups in total. The van der Waals surface area contributed by atoms with Crippen molar-refractivity contribution in [3.63, 3.8) is 0 Å². The highest BCUT2D eigenvalue weighted by molar-refractivity contribution is 7.08. The highest BCUT2D eigenvalue weighted by atomic mass is 32.1. The largest absolute Gasteiger partial charge is 0.496 e. The summed E-state index contributed by atoms with van der Waals surface area (Å²) in [6.07, 6.45) is 1.84. The van der Waals surface area contributed by atoms with Gasteiger partial charge in [0.1, 0.15) is 5.75 Å². The first-order valence-electron chi connectivity index (χ1n) is 4.69. The van der Waals surface area contributed by atoms with E-state index in [4.69, 9.17) is 4.74 Å². The average molecular weight is 216 g/mol. The Labute approximate surface area is 93.6 Å². The van der Waals surface area contributed by atoms with Crippen molar-refractivity contribution in [2.75, 3.05) is 7.11 Å². The third kappa shape index (κ3) is 1.81. The van der Waals surface area contributed by atoms with Gasteiger partial charge in [0.05, 0.1) is 7.11 Å². The van der Waals surface area contributed by atoms with Gasteiger partial charge in [-0.2, -0.15) is 11.3 Å². The van der Waals surface area contributed by atoms with Gasteiger partial charge in [0.15, 0.2) is 0 Å². The van der Waals surface area contributed by atoms with Crippen LogP contribution in [-0.2, 0) is 0 Å². The lowest BCUT2D eigenvalue weighted by atomic mass is 10.0. The summed E-state index contributed by atoms with van der Waals surface area (Å²) in [5.41, 5.74) is 3.44. The van der Waals surface area contributed by atoms with E-state index in [-0.39, 0.29) is 0 Å². The maximum Gasteiger partial charge on any atom is 0.126 e. The van der Waals surface area contributed by atoms with Crippen molar-refractivity contribution in [3.8, 4) is 16.9 Å². The number of hydrogen-bond acceptors (Lipinski definition) is 2. The van der Waals surface area contributed by atoms with Crippen LogP contribution in [0.25, 0.3) is 17.2 Å². The number of benzene rings is 1.